The van der Waals surface area contributed by atoms with E-state index in [2.05, 4.69) is 19.2 Å². The maximum atomic E-state index is 11.9. The predicted molar refractivity (Wildman–Crippen MR) is 87.8 cm³/mol. The Hall–Kier alpha value is -0.610. The zero-order valence-corrected chi connectivity index (χ0v) is 14.9. The van der Waals surface area contributed by atoms with E-state index in [1.165, 1.54) is 25.7 Å². The van der Waals surface area contributed by atoms with E-state index in [1.807, 2.05) is 20.8 Å². The lowest BCUT2D eigenvalue weighted by atomic mass is 9.60. The maximum absolute atomic E-state index is 11.9. The summed E-state index contributed by atoms with van der Waals surface area (Å²) < 4.78 is 11.4. The number of carbonyl (C=O) groups excluding carboxylic acids is 1. The first-order chi connectivity index (χ1) is 10.3. The Morgan fingerprint density at radius 1 is 1.32 bits per heavy atom. The highest BCUT2D eigenvalue weighted by Gasteiger charge is 2.56. The van der Waals surface area contributed by atoms with Crippen molar-refractivity contribution in [3.8, 4) is 0 Å². The Balaban J connectivity index is 1.84. The highest BCUT2D eigenvalue weighted by atomic mass is 16.6. The molecule has 0 aromatic carbocycles. The summed E-state index contributed by atoms with van der Waals surface area (Å²) in [7, 11) is 0. The largest absolute Gasteiger partial charge is 0.460 e. The number of rotatable bonds is 6. The van der Waals surface area contributed by atoms with E-state index in [0.29, 0.717) is 24.0 Å². The monoisotopic (exact) mass is 311 g/mol. The van der Waals surface area contributed by atoms with Crippen molar-refractivity contribution in [2.45, 2.75) is 96.9 Å². The Morgan fingerprint density at radius 2 is 1.95 bits per heavy atom. The Bertz CT molecular complexity index is 382. The molecule has 3 atom stereocenters. The van der Waals surface area contributed by atoms with Gasteiger partial charge in [0.25, 0.3) is 0 Å². The molecule has 0 unspecified atom stereocenters. The van der Waals surface area contributed by atoms with Crippen molar-refractivity contribution in [2.75, 3.05) is 6.61 Å². The summed E-state index contributed by atoms with van der Waals surface area (Å²) in [6.07, 6.45) is 7.05. The molecule has 1 spiro atoms. The quantitative estimate of drug-likeness (QED) is 0.763. The van der Waals surface area contributed by atoms with Crippen molar-refractivity contribution in [1.82, 2.24) is 5.32 Å². The first-order valence-corrected chi connectivity index (χ1v) is 8.86. The number of nitrogens with one attached hydrogen (secondary N) is 1. The van der Waals surface area contributed by atoms with E-state index < -0.39 is 5.60 Å². The summed E-state index contributed by atoms with van der Waals surface area (Å²) in [5, 5.41) is 3.67. The maximum Gasteiger partial charge on any atom is 0.307 e. The van der Waals surface area contributed by atoms with Gasteiger partial charge in [-0.25, -0.2) is 0 Å². The van der Waals surface area contributed by atoms with Crippen LogP contribution >= 0.6 is 0 Å². The smallest absolute Gasteiger partial charge is 0.307 e. The van der Waals surface area contributed by atoms with E-state index in [-0.39, 0.29) is 12.0 Å². The molecular weight excluding hydrogens is 278 g/mol. The third kappa shape index (κ3) is 4.02. The molecule has 0 amide bonds. The van der Waals surface area contributed by atoms with Gasteiger partial charge in [-0.05, 0) is 53.9 Å². The topological polar surface area (TPSA) is 47.6 Å². The third-order valence-electron chi connectivity index (χ3n) is 5.07. The molecule has 0 aromatic rings. The van der Waals surface area contributed by atoms with Crippen LogP contribution in [0.3, 0.4) is 0 Å². The molecule has 0 saturated heterocycles. The van der Waals surface area contributed by atoms with Gasteiger partial charge in [0.1, 0.15) is 5.60 Å². The molecule has 0 aliphatic heterocycles. The van der Waals surface area contributed by atoms with Crippen LogP contribution in [0.4, 0.5) is 0 Å². The standard InChI is InChI=1S/C18H33NO3/c1-6-21-15-12-14(18(15)9-7-8-10-18)19-13(2)11-16(20)22-17(3,4)5/h13-15,19H,6-12H2,1-5H3/t13-,14+,15+/m0/s1. The van der Waals surface area contributed by atoms with Crippen molar-refractivity contribution >= 4 is 5.97 Å². The zero-order chi connectivity index (χ0) is 16.4. The highest BCUT2D eigenvalue weighted by Crippen LogP contribution is 2.54. The average molecular weight is 311 g/mol. The van der Waals surface area contributed by atoms with Crippen molar-refractivity contribution in [2.24, 2.45) is 5.41 Å². The number of hydrogen-bond acceptors (Lipinski definition) is 4. The predicted octanol–water partition coefficient (Wildman–Crippen LogP) is 3.43. The molecule has 1 N–H and O–H groups in total. The fraction of sp³-hybridized carbons (Fsp3) is 0.944. The first kappa shape index (κ1) is 17.7. The van der Waals surface area contributed by atoms with Crippen LogP contribution in [-0.2, 0) is 14.3 Å². The average Bonchev–Trinajstić information content (AvgIpc) is 2.87. The van der Waals surface area contributed by atoms with Gasteiger partial charge in [-0.1, -0.05) is 12.8 Å². The fourth-order valence-electron chi connectivity index (χ4n) is 4.16. The molecule has 2 rings (SSSR count). The molecule has 0 bridgehead atoms. The number of esters is 1. The molecular formula is C18H33NO3. The Morgan fingerprint density at radius 3 is 2.50 bits per heavy atom. The van der Waals surface area contributed by atoms with Gasteiger partial charge < -0.3 is 14.8 Å². The van der Waals surface area contributed by atoms with Gasteiger partial charge in [-0.3, -0.25) is 4.79 Å². The minimum atomic E-state index is -0.403. The molecule has 2 fully saturated rings. The fourth-order valence-corrected chi connectivity index (χ4v) is 4.16. The van der Waals surface area contributed by atoms with Crippen molar-refractivity contribution in [3.63, 3.8) is 0 Å². The molecule has 128 valence electrons. The molecule has 4 nitrogen and oxygen atoms in total. The summed E-state index contributed by atoms with van der Waals surface area (Å²) in [6, 6.07) is 0.642. The van der Waals surface area contributed by atoms with Crippen LogP contribution in [-0.4, -0.2) is 36.4 Å². The summed E-state index contributed by atoms with van der Waals surface area (Å²) in [4.78, 5) is 11.9. The van der Waals surface area contributed by atoms with Crippen LogP contribution in [0.2, 0.25) is 0 Å². The lowest BCUT2D eigenvalue weighted by Gasteiger charge is -2.55. The lowest BCUT2D eigenvalue weighted by molar-refractivity contribution is -0.156. The molecule has 2 saturated carbocycles. The second-order valence-corrected chi connectivity index (χ2v) is 8.03. The van der Waals surface area contributed by atoms with Crippen LogP contribution in [0.5, 0.6) is 0 Å². The third-order valence-corrected chi connectivity index (χ3v) is 5.07. The van der Waals surface area contributed by atoms with Crippen molar-refractivity contribution in [1.29, 1.82) is 0 Å². The zero-order valence-electron chi connectivity index (χ0n) is 14.9. The number of hydrogen-bond donors (Lipinski definition) is 1. The molecule has 0 heterocycles. The lowest BCUT2D eigenvalue weighted by Crippen LogP contribution is -2.64. The van der Waals surface area contributed by atoms with Gasteiger partial charge in [0.2, 0.25) is 0 Å². The van der Waals surface area contributed by atoms with E-state index in [9.17, 15) is 4.79 Å². The summed E-state index contributed by atoms with van der Waals surface area (Å²) in [5.74, 6) is -0.117. The van der Waals surface area contributed by atoms with E-state index in [4.69, 9.17) is 9.47 Å². The van der Waals surface area contributed by atoms with Crippen LogP contribution in [0.15, 0.2) is 0 Å². The van der Waals surface area contributed by atoms with Crippen molar-refractivity contribution < 1.29 is 14.3 Å². The second kappa shape index (κ2) is 6.88. The van der Waals surface area contributed by atoms with Crippen LogP contribution in [0.1, 0.15) is 73.1 Å². The second-order valence-electron chi connectivity index (χ2n) is 8.03. The van der Waals surface area contributed by atoms with Gasteiger partial charge in [-0.2, -0.15) is 0 Å². The molecule has 2 aliphatic rings. The summed E-state index contributed by atoms with van der Waals surface area (Å²) in [5.41, 5.74) is -0.0851. The minimum Gasteiger partial charge on any atom is -0.460 e. The Kier molecular flexibility index (Phi) is 5.54. The highest BCUT2D eigenvalue weighted by molar-refractivity contribution is 5.70. The van der Waals surface area contributed by atoms with Crippen LogP contribution in [0, 0.1) is 5.41 Å². The normalized spacial score (nSPS) is 28.4. The van der Waals surface area contributed by atoms with E-state index in [0.717, 1.165) is 13.0 Å². The molecule has 4 heteroatoms. The van der Waals surface area contributed by atoms with Gasteiger partial charge in [0, 0.05) is 24.1 Å². The van der Waals surface area contributed by atoms with Gasteiger partial charge in [0.15, 0.2) is 0 Å². The molecule has 0 radical (unpaired) electrons. The number of carbonyl (C=O) groups is 1. The van der Waals surface area contributed by atoms with Gasteiger partial charge >= 0.3 is 5.97 Å². The summed E-state index contributed by atoms with van der Waals surface area (Å²) in [6.45, 7) is 10.7. The SMILES string of the molecule is CCO[C@@H]1C[C@@H](N[C@@H](C)CC(=O)OC(C)(C)C)C12CCCC2. The van der Waals surface area contributed by atoms with E-state index in [1.54, 1.807) is 0 Å². The van der Waals surface area contributed by atoms with Gasteiger partial charge in [0.05, 0.1) is 12.5 Å². The summed E-state index contributed by atoms with van der Waals surface area (Å²) >= 11 is 0. The molecule has 2 aliphatic carbocycles. The van der Waals surface area contributed by atoms with Crippen molar-refractivity contribution in [3.05, 3.63) is 0 Å². The van der Waals surface area contributed by atoms with E-state index >= 15 is 0 Å². The molecule has 22 heavy (non-hydrogen) atoms. The first-order valence-electron chi connectivity index (χ1n) is 8.86. The molecule has 0 aromatic heterocycles. The van der Waals surface area contributed by atoms with Crippen LogP contribution in [0.25, 0.3) is 0 Å². The minimum absolute atomic E-state index is 0.117. The number of ether oxygens (including phenoxy) is 2. The van der Waals surface area contributed by atoms with Crippen LogP contribution < -0.4 is 5.32 Å². The van der Waals surface area contributed by atoms with Gasteiger partial charge in [-0.15, -0.1) is 0 Å². The Labute approximate surface area is 135 Å².